The van der Waals surface area contributed by atoms with E-state index in [0.717, 1.165) is 5.69 Å². The van der Waals surface area contributed by atoms with Crippen LogP contribution in [0, 0.1) is 0 Å². The first-order valence-corrected chi connectivity index (χ1v) is 17.5. The molecule has 0 radical (unpaired) electrons. The van der Waals surface area contributed by atoms with Gasteiger partial charge in [-0.3, -0.25) is 33.8 Å². The van der Waals surface area contributed by atoms with Gasteiger partial charge in [0.2, 0.25) is 5.91 Å². The van der Waals surface area contributed by atoms with Crippen molar-refractivity contribution in [3.05, 3.63) is 57.0 Å². The average molecular weight is 710 g/mol. The monoisotopic (exact) mass is 709 g/mol. The van der Waals surface area contributed by atoms with Crippen LogP contribution >= 0.6 is 11.3 Å². The van der Waals surface area contributed by atoms with E-state index in [1.54, 1.807) is 37.6 Å². The van der Waals surface area contributed by atoms with Crippen LogP contribution in [0.5, 0.6) is 0 Å². The van der Waals surface area contributed by atoms with Gasteiger partial charge in [0, 0.05) is 61.2 Å². The van der Waals surface area contributed by atoms with Crippen LogP contribution in [-0.2, 0) is 24.5 Å². The van der Waals surface area contributed by atoms with Crippen LogP contribution in [0.15, 0.2) is 34.6 Å². The molecule has 4 heterocycles. The summed E-state index contributed by atoms with van der Waals surface area (Å²) in [5.41, 5.74) is 0.252. The van der Waals surface area contributed by atoms with Gasteiger partial charge in [-0.25, -0.2) is 14.8 Å². The minimum atomic E-state index is -0.888. The lowest BCUT2D eigenvalue weighted by atomic mass is 9.93. The SMILES string of the molecule is CN(CCCCC(=O)N1CCN(c2nc3cc(C(=O)Nc4nc(C(C)(C)C)cs4)ccn3c(=O)c2C=CC(=O)OC(C)(C)C)CC1)CC(=O)O. The van der Waals surface area contributed by atoms with Crippen LogP contribution in [0.2, 0.25) is 0 Å². The lowest BCUT2D eigenvalue weighted by Crippen LogP contribution is -2.49. The molecule has 1 saturated heterocycles. The van der Waals surface area contributed by atoms with Gasteiger partial charge < -0.3 is 19.6 Å². The van der Waals surface area contributed by atoms with Gasteiger partial charge >= 0.3 is 11.9 Å². The second-order valence-corrected chi connectivity index (χ2v) is 15.2. The molecule has 15 heteroatoms. The number of aromatic nitrogens is 3. The number of pyridine rings is 1. The number of hydrogen-bond acceptors (Lipinski definition) is 11. The summed E-state index contributed by atoms with van der Waals surface area (Å²) in [6.45, 7) is 13.5. The number of hydrogen-bond donors (Lipinski definition) is 2. The molecule has 4 rings (SSSR count). The van der Waals surface area contributed by atoms with Crippen molar-refractivity contribution in [2.75, 3.05) is 56.5 Å². The molecule has 1 aliphatic rings. The van der Waals surface area contributed by atoms with Gasteiger partial charge in [-0.05, 0) is 65.4 Å². The molecule has 14 nitrogen and oxygen atoms in total. The number of amides is 2. The third kappa shape index (κ3) is 10.4. The number of nitrogens with one attached hydrogen (secondary N) is 1. The Balaban J connectivity index is 1.55. The predicted octanol–water partition coefficient (Wildman–Crippen LogP) is 3.89. The summed E-state index contributed by atoms with van der Waals surface area (Å²) in [7, 11) is 1.74. The second kappa shape index (κ2) is 15.9. The lowest BCUT2D eigenvalue weighted by Gasteiger charge is -2.36. The third-order valence-electron chi connectivity index (χ3n) is 7.91. The van der Waals surface area contributed by atoms with Gasteiger partial charge in [0.25, 0.3) is 11.5 Å². The summed E-state index contributed by atoms with van der Waals surface area (Å²) in [5.74, 6) is -1.56. The molecule has 0 aliphatic carbocycles. The van der Waals surface area contributed by atoms with E-state index in [1.165, 1.54) is 46.2 Å². The molecule has 1 aliphatic heterocycles. The van der Waals surface area contributed by atoms with Crippen LogP contribution < -0.4 is 15.8 Å². The van der Waals surface area contributed by atoms with Crippen molar-refractivity contribution >= 4 is 57.8 Å². The summed E-state index contributed by atoms with van der Waals surface area (Å²) in [5, 5.41) is 14.1. The minimum absolute atomic E-state index is 0.00706. The van der Waals surface area contributed by atoms with Crippen molar-refractivity contribution in [1.29, 1.82) is 0 Å². The number of carboxylic acids is 1. The Morgan fingerprint density at radius 2 is 1.76 bits per heavy atom. The number of ether oxygens (including phenoxy) is 1. The number of fused-ring (bicyclic) bond motifs is 1. The van der Waals surface area contributed by atoms with Crippen molar-refractivity contribution < 1.29 is 29.0 Å². The molecule has 3 aromatic rings. The molecule has 270 valence electrons. The van der Waals surface area contributed by atoms with Crippen molar-refractivity contribution in [1.82, 2.24) is 24.2 Å². The van der Waals surface area contributed by atoms with E-state index in [2.05, 4.69) is 10.3 Å². The molecule has 0 spiro atoms. The van der Waals surface area contributed by atoms with Crippen LogP contribution in [-0.4, -0.2) is 105 Å². The van der Waals surface area contributed by atoms with Crippen LogP contribution in [0.1, 0.15) is 82.4 Å². The highest BCUT2D eigenvalue weighted by molar-refractivity contribution is 7.14. The fraction of sp³-hybridized carbons (Fsp3) is 0.514. The maximum absolute atomic E-state index is 13.9. The summed E-state index contributed by atoms with van der Waals surface area (Å²) in [6, 6.07) is 3.06. The molecule has 50 heavy (non-hydrogen) atoms. The highest BCUT2D eigenvalue weighted by Crippen LogP contribution is 2.27. The highest BCUT2D eigenvalue weighted by Gasteiger charge is 2.26. The first kappa shape index (κ1) is 38.2. The Morgan fingerprint density at radius 3 is 2.38 bits per heavy atom. The number of piperazine rings is 1. The van der Waals surface area contributed by atoms with E-state index >= 15 is 0 Å². The molecule has 0 atom stereocenters. The number of aliphatic carboxylic acids is 1. The number of likely N-dealkylation sites (N-methyl/N-ethyl adjacent to an activating group) is 1. The van der Waals surface area contributed by atoms with Crippen molar-refractivity contribution in [2.45, 2.75) is 71.8 Å². The molecule has 0 bridgehead atoms. The van der Waals surface area contributed by atoms with Gasteiger partial charge in [0.1, 0.15) is 17.1 Å². The number of carbonyl (C=O) groups is 4. The number of rotatable bonds is 12. The van der Waals surface area contributed by atoms with Crippen LogP contribution in [0.4, 0.5) is 10.9 Å². The molecule has 1 fully saturated rings. The fourth-order valence-corrected chi connectivity index (χ4v) is 6.23. The van der Waals surface area contributed by atoms with Crippen LogP contribution in [0.25, 0.3) is 11.7 Å². The maximum atomic E-state index is 13.9. The van der Waals surface area contributed by atoms with E-state index in [-0.39, 0.29) is 34.6 Å². The molecule has 2 amide bonds. The zero-order valence-corrected chi connectivity index (χ0v) is 30.6. The standard InChI is InChI=1S/C35H47N7O7S/c1-34(2,3)25-22-50-33(36-25)38-31(47)23-13-15-42-26(20-23)37-30(24(32(42)48)11-12-29(46)49-35(4,5)6)41-18-16-40(17-19-41)27(43)10-8-9-14-39(7)21-28(44)45/h11-13,15,20,22H,8-10,14,16-19,21H2,1-7H3,(H,44,45)(H,36,38,47). The zero-order chi connectivity index (χ0) is 36.8. The summed E-state index contributed by atoms with van der Waals surface area (Å²) in [6.07, 6.45) is 5.78. The smallest absolute Gasteiger partial charge is 0.331 e. The Bertz CT molecular complexity index is 1810. The second-order valence-electron chi connectivity index (χ2n) is 14.4. The zero-order valence-electron chi connectivity index (χ0n) is 29.8. The summed E-state index contributed by atoms with van der Waals surface area (Å²) in [4.78, 5) is 78.2. The number of nitrogens with zero attached hydrogens (tertiary/aromatic N) is 6. The first-order chi connectivity index (χ1) is 23.4. The van der Waals surface area contributed by atoms with E-state index < -0.39 is 29.0 Å². The molecule has 0 saturated carbocycles. The maximum Gasteiger partial charge on any atom is 0.331 e. The number of carbonyl (C=O) groups excluding carboxylic acids is 3. The average Bonchev–Trinajstić information content (AvgIpc) is 3.50. The lowest BCUT2D eigenvalue weighted by molar-refractivity contribution is -0.148. The Labute approximate surface area is 295 Å². The Morgan fingerprint density at radius 1 is 1.06 bits per heavy atom. The van der Waals surface area contributed by atoms with Gasteiger partial charge in [0.05, 0.1) is 17.8 Å². The third-order valence-corrected chi connectivity index (χ3v) is 8.67. The summed E-state index contributed by atoms with van der Waals surface area (Å²) >= 11 is 1.33. The molecule has 2 N–H and O–H groups in total. The summed E-state index contributed by atoms with van der Waals surface area (Å²) < 4.78 is 6.73. The van der Waals surface area contributed by atoms with Gasteiger partial charge in [-0.15, -0.1) is 11.3 Å². The molecule has 0 aromatic carbocycles. The molecule has 3 aromatic heterocycles. The van der Waals surface area contributed by atoms with Crippen molar-refractivity contribution in [2.24, 2.45) is 0 Å². The minimum Gasteiger partial charge on any atom is -0.480 e. The topological polar surface area (TPSA) is 167 Å². The first-order valence-electron chi connectivity index (χ1n) is 16.6. The number of esters is 1. The van der Waals surface area contributed by atoms with Crippen LogP contribution in [0.3, 0.4) is 0 Å². The predicted molar refractivity (Wildman–Crippen MR) is 193 cm³/mol. The van der Waals surface area contributed by atoms with E-state index in [9.17, 15) is 24.0 Å². The molecular weight excluding hydrogens is 662 g/mol. The largest absolute Gasteiger partial charge is 0.480 e. The quantitative estimate of drug-likeness (QED) is 0.159. The fourth-order valence-electron chi connectivity index (χ4n) is 5.29. The molecular formula is C35H47N7O7S. The molecule has 0 unspecified atom stereocenters. The van der Waals surface area contributed by atoms with E-state index in [4.69, 9.17) is 14.8 Å². The number of anilines is 2. The number of carboxylic acid groups (broad SMARTS) is 1. The normalized spacial score (nSPS) is 14.1. The van der Waals surface area contributed by atoms with Gasteiger partial charge in [-0.1, -0.05) is 20.8 Å². The van der Waals surface area contributed by atoms with E-state index in [1.807, 2.05) is 31.1 Å². The Kier molecular flexibility index (Phi) is 12.2. The highest BCUT2D eigenvalue weighted by atomic mass is 32.1. The number of thiazole rings is 1. The van der Waals surface area contributed by atoms with Crippen molar-refractivity contribution in [3.63, 3.8) is 0 Å². The van der Waals surface area contributed by atoms with E-state index in [0.29, 0.717) is 62.9 Å². The number of unbranched alkanes of at least 4 members (excludes halogenated alkanes) is 1. The van der Waals surface area contributed by atoms with Gasteiger partial charge in [0.15, 0.2) is 5.13 Å². The van der Waals surface area contributed by atoms with Crippen molar-refractivity contribution in [3.8, 4) is 0 Å². The Hall–Kier alpha value is -4.63. The van der Waals surface area contributed by atoms with Gasteiger partial charge in [-0.2, -0.15) is 0 Å².